The number of nitrogens with one attached hydrogen (secondary N) is 1. The SMILES string of the molecule is CCCC1CN=C(NC(=O)c2ccccc2Cl)S1. The van der Waals surface area contributed by atoms with Crippen LogP contribution in [0.4, 0.5) is 0 Å². The molecule has 0 aliphatic carbocycles. The van der Waals surface area contributed by atoms with Crippen molar-refractivity contribution in [2.75, 3.05) is 6.54 Å². The van der Waals surface area contributed by atoms with E-state index in [4.69, 9.17) is 11.6 Å². The van der Waals surface area contributed by atoms with Crippen LogP contribution in [0.2, 0.25) is 5.02 Å². The summed E-state index contributed by atoms with van der Waals surface area (Å²) >= 11 is 7.61. The predicted octanol–water partition coefficient (Wildman–Crippen LogP) is 3.34. The molecule has 96 valence electrons. The topological polar surface area (TPSA) is 41.5 Å². The average molecular weight is 283 g/mol. The van der Waals surface area contributed by atoms with Gasteiger partial charge in [0.15, 0.2) is 5.17 Å². The van der Waals surface area contributed by atoms with E-state index in [1.54, 1.807) is 36.0 Å². The van der Waals surface area contributed by atoms with Gasteiger partial charge in [0.1, 0.15) is 0 Å². The lowest BCUT2D eigenvalue weighted by molar-refractivity contribution is 0.0978. The fourth-order valence-corrected chi connectivity index (χ4v) is 3.11. The van der Waals surface area contributed by atoms with E-state index in [1.807, 2.05) is 0 Å². The lowest BCUT2D eigenvalue weighted by Crippen LogP contribution is -2.27. The number of hydrogen-bond acceptors (Lipinski definition) is 3. The van der Waals surface area contributed by atoms with E-state index >= 15 is 0 Å². The molecular formula is C13H15ClN2OS. The first-order valence-electron chi connectivity index (χ1n) is 5.97. The summed E-state index contributed by atoms with van der Waals surface area (Å²) in [5, 5.41) is 4.48. The lowest BCUT2D eigenvalue weighted by Gasteiger charge is -2.07. The third kappa shape index (κ3) is 3.27. The number of carbonyl (C=O) groups is 1. The molecule has 0 radical (unpaired) electrons. The van der Waals surface area contributed by atoms with E-state index in [2.05, 4.69) is 17.2 Å². The Morgan fingerprint density at radius 1 is 1.56 bits per heavy atom. The number of hydrogen-bond donors (Lipinski definition) is 1. The molecule has 1 aliphatic heterocycles. The maximum absolute atomic E-state index is 12.0. The normalized spacial score (nSPS) is 18.6. The van der Waals surface area contributed by atoms with E-state index in [1.165, 1.54) is 0 Å². The van der Waals surface area contributed by atoms with Crippen LogP contribution in [-0.4, -0.2) is 22.9 Å². The summed E-state index contributed by atoms with van der Waals surface area (Å²) < 4.78 is 0. The summed E-state index contributed by atoms with van der Waals surface area (Å²) in [5.74, 6) is -0.191. The van der Waals surface area contributed by atoms with Crippen LogP contribution in [-0.2, 0) is 0 Å². The van der Waals surface area contributed by atoms with Gasteiger partial charge in [0.25, 0.3) is 5.91 Å². The third-order valence-electron chi connectivity index (χ3n) is 2.67. The van der Waals surface area contributed by atoms with E-state index in [-0.39, 0.29) is 5.91 Å². The molecule has 1 atom stereocenters. The first-order valence-corrected chi connectivity index (χ1v) is 7.23. The fraction of sp³-hybridized carbons (Fsp3) is 0.385. The highest BCUT2D eigenvalue weighted by Gasteiger charge is 2.21. The Balaban J connectivity index is 1.95. The largest absolute Gasteiger partial charge is 0.301 e. The number of nitrogens with zero attached hydrogens (tertiary/aromatic N) is 1. The van der Waals surface area contributed by atoms with Crippen LogP contribution in [0.15, 0.2) is 29.3 Å². The Morgan fingerprint density at radius 3 is 3.06 bits per heavy atom. The molecule has 2 rings (SSSR count). The molecular weight excluding hydrogens is 268 g/mol. The fourth-order valence-electron chi connectivity index (χ4n) is 1.77. The summed E-state index contributed by atoms with van der Waals surface area (Å²) in [6, 6.07) is 7.02. The number of rotatable bonds is 3. The molecule has 0 aromatic heterocycles. The van der Waals surface area contributed by atoms with Crippen LogP contribution in [0.5, 0.6) is 0 Å². The number of thioether (sulfide) groups is 1. The Bertz CT molecular complexity index is 476. The van der Waals surface area contributed by atoms with Crippen LogP contribution >= 0.6 is 23.4 Å². The van der Waals surface area contributed by atoms with Crippen molar-refractivity contribution in [1.29, 1.82) is 0 Å². The Hall–Kier alpha value is -1.000. The molecule has 0 bridgehead atoms. The molecule has 5 heteroatoms. The van der Waals surface area contributed by atoms with Gasteiger partial charge in [-0.15, -0.1) is 0 Å². The van der Waals surface area contributed by atoms with Crippen LogP contribution in [0, 0.1) is 0 Å². The molecule has 1 amide bonds. The predicted molar refractivity (Wildman–Crippen MR) is 77.5 cm³/mol. The highest BCUT2D eigenvalue weighted by Crippen LogP contribution is 2.24. The van der Waals surface area contributed by atoms with Gasteiger partial charge in [-0.2, -0.15) is 0 Å². The Labute approximate surface area is 116 Å². The van der Waals surface area contributed by atoms with Gasteiger partial charge in [0, 0.05) is 5.25 Å². The van der Waals surface area contributed by atoms with E-state index in [9.17, 15) is 4.79 Å². The molecule has 1 heterocycles. The van der Waals surface area contributed by atoms with Gasteiger partial charge in [0.2, 0.25) is 0 Å². The van der Waals surface area contributed by atoms with E-state index in [0.717, 1.165) is 19.4 Å². The van der Waals surface area contributed by atoms with E-state index in [0.29, 0.717) is 21.0 Å². The molecule has 3 nitrogen and oxygen atoms in total. The molecule has 0 fully saturated rings. The van der Waals surface area contributed by atoms with Gasteiger partial charge in [-0.1, -0.05) is 48.8 Å². The molecule has 0 saturated heterocycles. The monoisotopic (exact) mass is 282 g/mol. The van der Waals surface area contributed by atoms with Crippen molar-refractivity contribution in [2.24, 2.45) is 4.99 Å². The summed E-state index contributed by atoms with van der Waals surface area (Å²) in [6.07, 6.45) is 2.26. The van der Waals surface area contributed by atoms with Gasteiger partial charge >= 0.3 is 0 Å². The van der Waals surface area contributed by atoms with Crippen LogP contribution in [0.3, 0.4) is 0 Å². The minimum Gasteiger partial charge on any atom is -0.301 e. The minimum absolute atomic E-state index is 0.191. The minimum atomic E-state index is -0.191. The summed E-state index contributed by atoms with van der Waals surface area (Å²) in [6.45, 7) is 2.94. The summed E-state index contributed by atoms with van der Waals surface area (Å²) in [7, 11) is 0. The maximum atomic E-state index is 12.0. The summed E-state index contributed by atoms with van der Waals surface area (Å²) in [5.41, 5.74) is 0.487. The van der Waals surface area contributed by atoms with Crippen LogP contribution < -0.4 is 5.32 Å². The van der Waals surface area contributed by atoms with Crippen molar-refractivity contribution in [2.45, 2.75) is 25.0 Å². The first kappa shape index (κ1) is 13.4. The molecule has 1 aromatic rings. The number of amidine groups is 1. The van der Waals surface area contributed by atoms with Crippen molar-refractivity contribution < 1.29 is 4.79 Å². The summed E-state index contributed by atoms with van der Waals surface area (Å²) in [4.78, 5) is 16.3. The highest BCUT2D eigenvalue weighted by molar-refractivity contribution is 8.14. The smallest absolute Gasteiger partial charge is 0.258 e. The van der Waals surface area contributed by atoms with Gasteiger partial charge in [0.05, 0.1) is 17.1 Å². The standard InChI is InChI=1S/C13H15ClN2OS/c1-2-5-9-8-15-13(18-9)16-12(17)10-6-3-4-7-11(10)14/h3-4,6-7,9H,2,5,8H2,1H3,(H,15,16,17). The molecule has 1 unspecified atom stereocenters. The Kier molecular flexibility index (Phi) is 4.66. The van der Waals surface area contributed by atoms with Crippen LogP contribution in [0.1, 0.15) is 30.1 Å². The zero-order chi connectivity index (χ0) is 13.0. The second kappa shape index (κ2) is 6.25. The van der Waals surface area contributed by atoms with Crippen molar-refractivity contribution >= 4 is 34.4 Å². The lowest BCUT2D eigenvalue weighted by atomic mass is 10.2. The third-order valence-corrected chi connectivity index (χ3v) is 4.17. The van der Waals surface area contributed by atoms with Crippen LogP contribution in [0.25, 0.3) is 0 Å². The van der Waals surface area contributed by atoms with Gasteiger partial charge in [-0.3, -0.25) is 9.79 Å². The Morgan fingerprint density at radius 2 is 2.33 bits per heavy atom. The molecule has 1 aromatic carbocycles. The van der Waals surface area contributed by atoms with Gasteiger partial charge in [-0.05, 0) is 18.6 Å². The zero-order valence-electron chi connectivity index (χ0n) is 10.1. The quantitative estimate of drug-likeness (QED) is 0.924. The van der Waals surface area contributed by atoms with Crippen molar-refractivity contribution in [3.63, 3.8) is 0 Å². The van der Waals surface area contributed by atoms with Gasteiger partial charge < -0.3 is 5.32 Å². The van der Waals surface area contributed by atoms with Gasteiger partial charge in [-0.25, -0.2) is 0 Å². The average Bonchev–Trinajstić information content (AvgIpc) is 2.77. The van der Waals surface area contributed by atoms with Crippen molar-refractivity contribution in [3.8, 4) is 0 Å². The van der Waals surface area contributed by atoms with E-state index < -0.39 is 0 Å². The molecule has 1 aliphatic rings. The second-order valence-electron chi connectivity index (χ2n) is 4.11. The second-order valence-corrected chi connectivity index (χ2v) is 5.80. The van der Waals surface area contributed by atoms with Crippen molar-refractivity contribution in [1.82, 2.24) is 5.32 Å². The molecule has 0 saturated carbocycles. The molecule has 1 N–H and O–H groups in total. The first-order chi connectivity index (χ1) is 8.70. The highest BCUT2D eigenvalue weighted by atomic mass is 35.5. The number of halogens is 1. The maximum Gasteiger partial charge on any atom is 0.258 e. The molecule has 18 heavy (non-hydrogen) atoms. The number of carbonyl (C=O) groups excluding carboxylic acids is 1. The molecule has 0 spiro atoms. The number of amides is 1. The van der Waals surface area contributed by atoms with Crippen molar-refractivity contribution in [3.05, 3.63) is 34.9 Å². The number of benzene rings is 1. The zero-order valence-corrected chi connectivity index (χ0v) is 11.7. The number of aliphatic imine (C=N–C) groups is 1.